The van der Waals surface area contributed by atoms with Gasteiger partial charge in [-0.3, -0.25) is 14.5 Å². The quantitative estimate of drug-likeness (QED) is 0.783. The molecule has 0 unspecified atom stereocenters. The zero-order valence-corrected chi connectivity index (χ0v) is 12.6. The van der Waals surface area contributed by atoms with Gasteiger partial charge < -0.3 is 15.4 Å². The van der Waals surface area contributed by atoms with E-state index in [-0.39, 0.29) is 11.8 Å². The molecule has 2 N–H and O–H groups in total. The van der Waals surface area contributed by atoms with Crippen LogP contribution in [0.25, 0.3) is 0 Å². The van der Waals surface area contributed by atoms with Crippen molar-refractivity contribution in [2.24, 2.45) is 0 Å². The molecule has 118 valence electrons. The molecule has 0 aliphatic carbocycles. The molecule has 1 fully saturated rings. The Morgan fingerprint density at radius 1 is 1.32 bits per heavy atom. The third-order valence-corrected chi connectivity index (χ3v) is 4.03. The minimum absolute atomic E-state index is 0.0157. The maximum atomic E-state index is 12.1. The molecule has 2 heterocycles. The number of benzene rings is 1. The van der Waals surface area contributed by atoms with E-state index >= 15 is 0 Å². The van der Waals surface area contributed by atoms with E-state index in [2.05, 4.69) is 15.5 Å². The van der Waals surface area contributed by atoms with Gasteiger partial charge in [0.15, 0.2) is 0 Å². The van der Waals surface area contributed by atoms with Crippen LogP contribution >= 0.6 is 0 Å². The Hall–Kier alpha value is -1.92. The number of amides is 2. The van der Waals surface area contributed by atoms with Crippen LogP contribution in [-0.2, 0) is 16.0 Å². The van der Waals surface area contributed by atoms with Crippen molar-refractivity contribution in [1.29, 1.82) is 0 Å². The van der Waals surface area contributed by atoms with E-state index in [1.165, 1.54) is 0 Å². The number of ether oxygens (including phenoxy) is 1. The summed E-state index contributed by atoms with van der Waals surface area (Å²) in [5.74, 6) is -0.0952. The Kier molecular flexibility index (Phi) is 4.70. The molecule has 0 saturated carbocycles. The number of hydrogen-bond donors (Lipinski definition) is 2. The number of carbonyl (C=O) groups excluding carboxylic acids is 2. The summed E-state index contributed by atoms with van der Waals surface area (Å²) in [6.45, 7) is 5.18. The van der Waals surface area contributed by atoms with Gasteiger partial charge in [0.25, 0.3) is 5.91 Å². The van der Waals surface area contributed by atoms with Crippen LogP contribution in [0.3, 0.4) is 0 Å². The van der Waals surface area contributed by atoms with Crippen molar-refractivity contribution in [3.05, 3.63) is 29.3 Å². The fourth-order valence-corrected chi connectivity index (χ4v) is 2.80. The van der Waals surface area contributed by atoms with Crippen molar-refractivity contribution >= 4 is 17.5 Å². The normalized spacial score (nSPS) is 17.9. The van der Waals surface area contributed by atoms with Crippen molar-refractivity contribution in [2.75, 3.05) is 44.7 Å². The van der Waals surface area contributed by atoms with Gasteiger partial charge in [0.1, 0.15) is 0 Å². The van der Waals surface area contributed by atoms with Crippen LogP contribution in [0.15, 0.2) is 18.2 Å². The van der Waals surface area contributed by atoms with Crippen molar-refractivity contribution in [1.82, 2.24) is 10.2 Å². The average Bonchev–Trinajstić information content (AvgIpc) is 2.91. The molecule has 2 amide bonds. The summed E-state index contributed by atoms with van der Waals surface area (Å²) in [6, 6.07) is 5.34. The topological polar surface area (TPSA) is 70.7 Å². The lowest BCUT2D eigenvalue weighted by Gasteiger charge is -2.26. The standard InChI is InChI=1S/C16H21N3O3/c20-15-11-13-10-12(2-3-14(13)18-15)16(21)17-4-1-5-19-6-8-22-9-7-19/h2-3,10H,1,4-9,11H2,(H,17,21)(H,18,20). The zero-order chi connectivity index (χ0) is 15.4. The Balaban J connectivity index is 1.44. The third kappa shape index (κ3) is 3.64. The van der Waals surface area contributed by atoms with Crippen LogP contribution in [0.5, 0.6) is 0 Å². The second kappa shape index (κ2) is 6.89. The first-order chi connectivity index (χ1) is 10.7. The molecule has 1 saturated heterocycles. The summed E-state index contributed by atoms with van der Waals surface area (Å²) in [6.07, 6.45) is 1.28. The number of nitrogens with one attached hydrogen (secondary N) is 2. The number of morpholine rings is 1. The fraction of sp³-hybridized carbons (Fsp3) is 0.500. The highest BCUT2D eigenvalue weighted by molar-refractivity contribution is 6.01. The van der Waals surface area contributed by atoms with Crippen molar-refractivity contribution in [3.8, 4) is 0 Å². The van der Waals surface area contributed by atoms with Gasteiger partial charge in [-0.15, -0.1) is 0 Å². The molecule has 0 bridgehead atoms. The molecule has 1 aromatic rings. The summed E-state index contributed by atoms with van der Waals surface area (Å²) in [7, 11) is 0. The Morgan fingerprint density at radius 2 is 2.14 bits per heavy atom. The average molecular weight is 303 g/mol. The Morgan fingerprint density at radius 3 is 2.95 bits per heavy atom. The number of hydrogen-bond acceptors (Lipinski definition) is 4. The second-order valence-electron chi connectivity index (χ2n) is 5.66. The SMILES string of the molecule is O=C1Cc2cc(C(=O)NCCCN3CCOCC3)ccc2N1. The molecule has 2 aliphatic heterocycles. The van der Waals surface area contributed by atoms with Gasteiger partial charge in [0.2, 0.25) is 5.91 Å². The minimum atomic E-state index is -0.0795. The highest BCUT2D eigenvalue weighted by Gasteiger charge is 2.19. The highest BCUT2D eigenvalue weighted by Crippen LogP contribution is 2.23. The van der Waals surface area contributed by atoms with Crippen molar-refractivity contribution in [2.45, 2.75) is 12.8 Å². The maximum absolute atomic E-state index is 12.1. The van der Waals surface area contributed by atoms with Gasteiger partial charge >= 0.3 is 0 Å². The van der Waals surface area contributed by atoms with Crippen LogP contribution in [0, 0.1) is 0 Å². The van der Waals surface area contributed by atoms with Gasteiger partial charge in [-0.2, -0.15) is 0 Å². The van der Waals surface area contributed by atoms with E-state index in [0.717, 1.165) is 50.5 Å². The molecule has 3 rings (SSSR count). The molecule has 0 aromatic heterocycles. The molecular weight excluding hydrogens is 282 g/mol. The van der Waals surface area contributed by atoms with Crippen LogP contribution in [0.1, 0.15) is 22.3 Å². The monoisotopic (exact) mass is 303 g/mol. The van der Waals surface area contributed by atoms with Crippen LogP contribution in [0.4, 0.5) is 5.69 Å². The first-order valence-electron chi connectivity index (χ1n) is 7.73. The summed E-state index contributed by atoms with van der Waals surface area (Å²) in [5.41, 5.74) is 2.32. The smallest absolute Gasteiger partial charge is 0.251 e. The third-order valence-electron chi connectivity index (χ3n) is 4.03. The van der Waals surface area contributed by atoms with Crippen molar-refractivity contribution in [3.63, 3.8) is 0 Å². The first-order valence-corrected chi connectivity index (χ1v) is 7.73. The number of anilines is 1. The predicted octanol–water partition coefficient (Wildman–Crippen LogP) is 0.633. The summed E-state index contributed by atoms with van der Waals surface area (Å²) in [4.78, 5) is 25.8. The first kappa shape index (κ1) is 15.0. The minimum Gasteiger partial charge on any atom is -0.379 e. The van der Waals surface area contributed by atoms with E-state index in [1.54, 1.807) is 18.2 Å². The van der Waals surface area contributed by atoms with Crippen LogP contribution in [0.2, 0.25) is 0 Å². The van der Waals surface area contributed by atoms with Gasteiger partial charge in [-0.25, -0.2) is 0 Å². The molecule has 6 nitrogen and oxygen atoms in total. The number of nitrogens with zero attached hydrogens (tertiary/aromatic N) is 1. The molecule has 2 aliphatic rings. The van der Waals surface area contributed by atoms with E-state index in [1.807, 2.05) is 0 Å². The molecule has 6 heteroatoms. The fourth-order valence-electron chi connectivity index (χ4n) is 2.80. The maximum Gasteiger partial charge on any atom is 0.251 e. The highest BCUT2D eigenvalue weighted by atomic mass is 16.5. The number of rotatable bonds is 5. The van der Waals surface area contributed by atoms with E-state index in [0.29, 0.717) is 18.5 Å². The predicted molar refractivity (Wildman–Crippen MR) is 83.0 cm³/mol. The lowest BCUT2D eigenvalue weighted by molar-refractivity contribution is -0.115. The Bertz CT molecular complexity index is 568. The molecule has 22 heavy (non-hydrogen) atoms. The van der Waals surface area contributed by atoms with E-state index in [4.69, 9.17) is 4.74 Å². The summed E-state index contributed by atoms with van der Waals surface area (Å²) < 4.78 is 5.31. The van der Waals surface area contributed by atoms with Crippen LogP contribution in [-0.4, -0.2) is 56.1 Å². The number of carbonyl (C=O) groups is 2. The lowest BCUT2D eigenvalue weighted by Crippen LogP contribution is -2.38. The summed E-state index contributed by atoms with van der Waals surface area (Å²) in [5, 5.41) is 5.70. The van der Waals surface area contributed by atoms with Gasteiger partial charge in [0, 0.05) is 30.9 Å². The van der Waals surface area contributed by atoms with E-state index < -0.39 is 0 Å². The summed E-state index contributed by atoms with van der Waals surface area (Å²) >= 11 is 0. The molecular formula is C16H21N3O3. The van der Waals surface area contributed by atoms with Crippen LogP contribution < -0.4 is 10.6 Å². The number of fused-ring (bicyclic) bond motifs is 1. The molecule has 0 radical (unpaired) electrons. The zero-order valence-electron chi connectivity index (χ0n) is 12.6. The van der Waals surface area contributed by atoms with Gasteiger partial charge in [-0.1, -0.05) is 0 Å². The van der Waals surface area contributed by atoms with E-state index in [9.17, 15) is 9.59 Å². The second-order valence-corrected chi connectivity index (χ2v) is 5.66. The molecule has 1 aromatic carbocycles. The molecule has 0 spiro atoms. The molecule has 0 atom stereocenters. The van der Waals surface area contributed by atoms with Gasteiger partial charge in [-0.05, 0) is 36.7 Å². The largest absolute Gasteiger partial charge is 0.379 e. The Labute approximate surface area is 129 Å². The lowest BCUT2D eigenvalue weighted by atomic mass is 10.1. The van der Waals surface area contributed by atoms with Crippen molar-refractivity contribution < 1.29 is 14.3 Å². The van der Waals surface area contributed by atoms with Gasteiger partial charge in [0.05, 0.1) is 19.6 Å².